The number of benzene rings is 2. The van der Waals surface area contributed by atoms with Gasteiger partial charge in [-0.05, 0) is 59.9 Å². The molecule has 1 heterocycles. The van der Waals surface area contributed by atoms with Crippen molar-refractivity contribution in [1.29, 1.82) is 5.26 Å². The highest BCUT2D eigenvalue weighted by atomic mass is 14.6. The molecule has 2 aromatic carbocycles. The zero-order valence-corrected chi connectivity index (χ0v) is 12.7. The summed E-state index contributed by atoms with van der Waals surface area (Å²) in [6, 6.07) is 18.5. The molecule has 0 aliphatic heterocycles. The van der Waals surface area contributed by atoms with Gasteiger partial charge in [0.2, 0.25) is 0 Å². The molecule has 0 atom stereocenters. The van der Waals surface area contributed by atoms with Crippen LogP contribution in [0.15, 0.2) is 54.7 Å². The van der Waals surface area contributed by atoms with Crippen molar-refractivity contribution in [2.24, 2.45) is 0 Å². The van der Waals surface area contributed by atoms with E-state index in [1.165, 1.54) is 18.4 Å². The average molecular weight is 286 g/mol. The maximum atomic E-state index is 9.10. The number of fused-ring (bicyclic) bond motifs is 1. The fourth-order valence-corrected chi connectivity index (χ4v) is 2.74. The van der Waals surface area contributed by atoms with Crippen LogP contribution in [-0.4, -0.2) is 4.98 Å². The van der Waals surface area contributed by atoms with E-state index in [9.17, 15) is 0 Å². The lowest BCUT2D eigenvalue weighted by atomic mass is 9.97. The number of hydrogen-bond donors (Lipinski definition) is 0. The first kappa shape index (κ1) is 14.3. The Bertz CT molecular complexity index is 844. The average Bonchev–Trinajstić information content (AvgIpc) is 2.59. The van der Waals surface area contributed by atoms with Gasteiger partial charge in [-0.1, -0.05) is 31.5 Å². The van der Waals surface area contributed by atoms with Gasteiger partial charge < -0.3 is 0 Å². The largest absolute Gasteiger partial charge is 0.256 e. The maximum absolute atomic E-state index is 9.10. The van der Waals surface area contributed by atoms with Gasteiger partial charge in [-0.15, -0.1) is 0 Å². The van der Waals surface area contributed by atoms with Gasteiger partial charge in [0.1, 0.15) is 0 Å². The fraction of sp³-hybridized carbons (Fsp3) is 0.200. The lowest BCUT2D eigenvalue weighted by Crippen LogP contribution is -1.89. The van der Waals surface area contributed by atoms with E-state index in [1.807, 2.05) is 36.5 Å². The van der Waals surface area contributed by atoms with Crippen LogP contribution in [-0.2, 0) is 6.42 Å². The SMILES string of the molecule is CCCCc1ccc2nccc(-c3cccc(C#N)c3)c2c1. The van der Waals surface area contributed by atoms with E-state index in [1.54, 1.807) is 0 Å². The zero-order valence-electron chi connectivity index (χ0n) is 12.7. The van der Waals surface area contributed by atoms with Crippen molar-refractivity contribution in [3.8, 4) is 17.2 Å². The molecule has 2 heteroatoms. The highest BCUT2D eigenvalue weighted by Crippen LogP contribution is 2.29. The second kappa shape index (κ2) is 6.41. The van der Waals surface area contributed by atoms with E-state index >= 15 is 0 Å². The second-order valence-corrected chi connectivity index (χ2v) is 5.51. The van der Waals surface area contributed by atoms with Crippen molar-refractivity contribution >= 4 is 10.9 Å². The zero-order chi connectivity index (χ0) is 15.4. The highest BCUT2D eigenvalue weighted by Gasteiger charge is 2.06. The summed E-state index contributed by atoms with van der Waals surface area (Å²) in [4.78, 5) is 4.47. The molecule has 0 bridgehead atoms. The summed E-state index contributed by atoms with van der Waals surface area (Å²) in [5.74, 6) is 0. The third kappa shape index (κ3) is 2.84. The Hall–Kier alpha value is -2.66. The Morgan fingerprint density at radius 3 is 2.82 bits per heavy atom. The molecule has 0 unspecified atom stereocenters. The summed E-state index contributed by atoms with van der Waals surface area (Å²) < 4.78 is 0. The number of unbranched alkanes of at least 4 members (excludes halogenated alkanes) is 1. The molecule has 3 rings (SSSR count). The molecule has 1 aromatic heterocycles. The predicted octanol–water partition coefficient (Wildman–Crippen LogP) is 5.12. The van der Waals surface area contributed by atoms with Crippen LogP contribution < -0.4 is 0 Å². The Balaban J connectivity index is 2.13. The van der Waals surface area contributed by atoms with Gasteiger partial charge in [-0.25, -0.2) is 0 Å². The quantitative estimate of drug-likeness (QED) is 0.667. The molecule has 0 fully saturated rings. The minimum atomic E-state index is 0.685. The summed E-state index contributed by atoms with van der Waals surface area (Å²) in [6.07, 6.45) is 5.33. The van der Waals surface area contributed by atoms with E-state index in [0.29, 0.717) is 5.56 Å². The molecule has 0 radical (unpaired) electrons. The van der Waals surface area contributed by atoms with Gasteiger partial charge in [-0.3, -0.25) is 4.98 Å². The molecule has 0 aliphatic carbocycles. The summed E-state index contributed by atoms with van der Waals surface area (Å²) >= 11 is 0. The first-order chi connectivity index (χ1) is 10.8. The third-order valence-corrected chi connectivity index (χ3v) is 3.93. The number of aryl methyl sites for hydroxylation is 1. The molecule has 0 spiro atoms. The van der Waals surface area contributed by atoms with Crippen LogP contribution in [0.4, 0.5) is 0 Å². The molecule has 2 nitrogen and oxygen atoms in total. The molecule has 0 N–H and O–H groups in total. The number of aromatic nitrogens is 1. The van der Waals surface area contributed by atoms with Crippen LogP contribution in [0.2, 0.25) is 0 Å². The van der Waals surface area contributed by atoms with Crippen molar-refractivity contribution < 1.29 is 0 Å². The number of rotatable bonds is 4. The van der Waals surface area contributed by atoms with Crippen LogP contribution in [0.25, 0.3) is 22.0 Å². The van der Waals surface area contributed by atoms with Crippen molar-refractivity contribution in [2.45, 2.75) is 26.2 Å². The molecule has 0 saturated carbocycles. The van der Waals surface area contributed by atoms with Gasteiger partial charge in [0.25, 0.3) is 0 Å². The van der Waals surface area contributed by atoms with Gasteiger partial charge >= 0.3 is 0 Å². The van der Waals surface area contributed by atoms with Gasteiger partial charge in [0.05, 0.1) is 17.1 Å². The van der Waals surface area contributed by atoms with Gasteiger partial charge in [0, 0.05) is 11.6 Å². The van der Waals surface area contributed by atoms with Crippen molar-refractivity contribution in [3.63, 3.8) is 0 Å². The van der Waals surface area contributed by atoms with E-state index in [4.69, 9.17) is 5.26 Å². The van der Waals surface area contributed by atoms with Crippen molar-refractivity contribution in [3.05, 3.63) is 65.9 Å². The van der Waals surface area contributed by atoms with Crippen LogP contribution >= 0.6 is 0 Å². The highest BCUT2D eigenvalue weighted by molar-refractivity contribution is 5.94. The topological polar surface area (TPSA) is 36.7 Å². The Kier molecular flexibility index (Phi) is 4.16. The minimum Gasteiger partial charge on any atom is -0.256 e. The number of hydrogen-bond acceptors (Lipinski definition) is 2. The van der Waals surface area contributed by atoms with Crippen LogP contribution in [0.1, 0.15) is 30.9 Å². The Morgan fingerprint density at radius 1 is 1.09 bits per heavy atom. The third-order valence-electron chi connectivity index (χ3n) is 3.93. The van der Waals surface area contributed by atoms with E-state index < -0.39 is 0 Å². The first-order valence-corrected chi connectivity index (χ1v) is 7.70. The molecule has 0 amide bonds. The van der Waals surface area contributed by atoms with Gasteiger partial charge in [0.15, 0.2) is 0 Å². The van der Waals surface area contributed by atoms with Gasteiger partial charge in [-0.2, -0.15) is 5.26 Å². The van der Waals surface area contributed by atoms with E-state index in [2.05, 4.69) is 36.2 Å². The molecular formula is C20H18N2. The minimum absolute atomic E-state index is 0.685. The van der Waals surface area contributed by atoms with E-state index in [-0.39, 0.29) is 0 Å². The Morgan fingerprint density at radius 2 is 2.00 bits per heavy atom. The van der Waals surface area contributed by atoms with Crippen LogP contribution in [0.3, 0.4) is 0 Å². The molecule has 108 valence electrons. The Labute approximate surface area is 131 Å². The molecule has 0 aliphatic rings. The molecule has 3 aromatic rings. The van der Waals surface area contributed by atoms with E-state index in [0.717, 1.165) is 28.5 Å². The first-order valence-electron chi connectivity index (χ1n) is 7.70. The monoisotopic (exact) mass is 286 g/mol. The summed E-state index contributed by atoms with van der Waals surface area (Å²) in [5, 5.41) is 10.3. The molecular weight excluding hydrogens is 268 g/mol. The maximum Gasteiger partial charge on any atom is 0.0991 e. The lowest BCUT2D eigenvalue weighted by Gasteiger charge is -2.09. The number of nitrogens with zero attached hydrogens (tertiary/aromatic N) is 2. The lowest BCUT2D eigenvalue weighted by molar-refractivity contribution is 0.796. The second-order valence-electron chi connectivity index (χ2n) is 5.51. The number of pyridine rings is 1. The summed E-state index contributed by atoms with van der Waals surface area (Å²) in [6.45, 7) is 2.21. The number of nitriles is 1. The molecule has 22 heavy (non-hydrogen) atoms. The van der Waals surface area contributed by atoms with Crippen LogP contribution in [0, 0.1) is 11.3 Å². The van der Waals surface area contributed by atoms with Crippen molar-refractivity contribution in [1.82, 2.24) is 4.98 Å². The predicted molar refractivity (Wildman–Crippen MR) is 90.5 cm³/mol. The summed E-state index contributed by atoms with van der Waals surface area (Å²) in [7, 11) is 0. The normalized spacial score (nSPS) is 10.5. The summed E-state index contributed by atoms with van der Waals surface area (Å²) in [5.41, 5.74) is 5.24. The molecule has 0 saturated heterocycles. The standard InChI is InChI=1S/C20H18N2/c1-2-3-5-15-8-9-20-19(13-15)18(10-11-22-20)17-7-4-6-16(12-17)14-21/h4,6-13H,2-3,5H2,1H3. The van der Waals surface area contributed by atoms with Crippen LogP contribution in [0.5, 0.6) is 0 Å². The van der Waals surface area contributed by atoms with Crippen molar-refractivity contribution in [2.75, 3.05) is 0 Å². The fourth-order valence-electron chi connectivity index (χ4n) is 2.74. The smallest absolute Gasteiger partial charge is 0.0991 e.